The van der Waals surface area contributed by atoms with Gasteiger partial charge < -0.3 is 10.0 Å². The molecule has 116 valence electrons. The van der Waals surface area contributed by atoms with Crippen molar-refractivity contribution in [1.29, 1.82) is 0 Å². The molecule has 0 saturated carbocycles. The van der Waals surface area contributed by atoms with Crippen LogP contribution in [0.1, 0.15) is 55.4 Å². The van der Waals surface area contributed by atoms with Gasteiger partial charge >= 0.3 is 0 Å². The second kappa shape index (κ2) is 30.2. The summed E-state index contributed by atoms with van der Waals surface area (Å²) in [5, 5.41) is 8.63. The highest BCUT2D eigenvalue weighted by Gasteiger charge is 2.11. The number of hydrogen-bond donors (Lipinski definition) is 1. The molecule has 0 aromatic heterocycles. The molecule has 0 amide bonds. The largest absolute Gasteiger partial charge is 0.395 e. The minimum Gasteiger partial charge on any atom is -0.395 e. The zero-order valence-electron chi connectivity index (χ0n) is 14.6. The molecule has 0 aromatic carbocycles. The number of nitrogens with zero attached hydrogens (tertiary/aromatic N) is 2. The molecule has 0 aromatic rings. The van der Waals surface area contributed by atoms with Gasteiger partial charge in [0.05, 0.1) is 6.61 Å². The van der Waals surface area contributed by atoms with Crippen LogP contribution >= 0.6 is 0 Å². The molecule has 3 heteroatoms. The van der Waals surface area contributed by atoms with E-state index in [9.17, 15) is 0 Å². The summed E-state index contributed by atoms with van der Waals surface area (Å²) in [6.45, 7) is 21.6. The van der Waals surface area contributed by atoms with Crippen LogP contribution < -0.4 is 0 Å². The van der Waals surface area contributed by atoms with Crippen molar-refractivity contribution >= 4 is 0 Å². The van der Waals surface area contributed by atoms with Crippen molar-refractivity contribution in [2.24, 2.45) is 0 Å². The van der Waals surface area contributed by atoms with Crippen LogP contribution in [0, 0.1) is 0 Å². The second-order valence-corrected chi connectivity index (χ2v) is 2.87. The Kier molecular flexibility index (Phi) is 44.3. The van der Waals surface area contributed by atoms with E-state index in [1.54, 1.807) is 0 Å². The second-order valence-electron chi connectivity index (χ2n) is 2.87. The van der Waals surface area contributed by atoms with Crippen molar-refractivity contribution < 1.29 is 5.11 Å². The van der Waals surface area contributed by atoms with Crippen LogP contribution in [-0.2, 0) is 0 Å². The number of β-amino-alcohol motifs (C(OH)–C–C–N with tert-alkyl or cyclic N) is 1. The lowest BCUT2D eigenvalue weighted by Crippen LogP contribution is -2.45. The van der Waals surface area contributed by atoms with Gasteiger partial charge in [-0.15, -0.1) is 0 Å². The number of hydrogen-bond acceptors (Lipinski definition) is 3. The first-order valence-electron chi connectivity index (χ1n) is 7.84. The fraction of sp³-hybridized carbons (Fsp3) is 1.00. The topological polar surface area (TPSA) is 26.7 Å². The standard InChI is InChI=1S/C7H16N2O.4C2H6/c1-8-2-4-9(5-3-8)6-7-10;4*1-2/h10H,2-7H2,1H3;4*1-2H3. The summed E-state index contributed by atoms with van der Waals surface area (Å²) in [6.07, 6.45) is 0. The highest BCUT2D eigenvalue weighted by Crippen LogP contribution is 1.96. The van der Waals surface area contributed by atoms with Gasteiger partial charge in [0.15, 0.2) is 0 Å². The lowest BCUT2D eigenvalue weighted by atomic mass is 10.3. The van der Waals surface area contributed by atoms with Crippen LogP contribution in [0.4, 0.5) is 0 Å². The predicted molar refractivity (Wildman–Crippen MR) is 86.4 cm³/mol. The molecule has 0 bridgehead atoms. The Hall–Kier alpha value is -0.120. The van der Waals surface area contributed by atoms with Crippen molar-refractivity contribution in [2.75, 3.05) is 46.4 Å². The number of piperazine rings is 1. The zero-order chi connectivity index (χ0) is 15.4. The van der Waals surface area contributed by atoms with Gasteiger partial charge in [0.1, 0.15) is 0 Å². The average Bonchev–Trinajstić information content (AvgIpc) is 2.50. The monoisotopic (exact) mass is 264 g/mol. The highest BCUT2D eigenvalue weighted by atomic mass is 16.3. The van der Waals surface area contributed by atoms with Crippen LogP contribution in [0.2, 0.25) is 0 Å². The molecule has 18 heavy (non-hydrogen) atoms. The first-order chi connectivity index (χ1) is 8.83. The summed E-state index contributed by atoms with van der Waals surface area (Å²) in [5.41, 5.74) is 0. The Morgan fingerprint density at radius 3 is 1.33 bits per heavy atom. The molecule has 0 aliphatic carbocycles. The minimum atomic E-state index is 0.295. The van der Waals surface area contributed by atoms with E-state index in [1.165, 1.54) is 0 Å². The van der Waals surface area contributed by atoms with Gasteiger partial charge in [0, 0.05) is 32.7 Å². The lowest BCUT2D eigenvalue weighted by molar-refractivity contribution is 0.128. The normalized spacial score (nSPS) is 14.3. The van der Waals surface area contributed by atoms with E-state index in [2.05, 4.69) is 16.8 Å². The quantitative estimate of drug-likeness (QED) is 0.829. The Bertz CT molecular complexity index is 92.5. The summed E-state index contributed by atoms with van der Waals surface area (Å²) in [4.78, 5) is 4.61. The van der Waals surface area contributed by atoms with Gasteiger partial charge in [-0.1, -0.05) is 55.4 Å². The fourth-order valence-electron chi connectivity index (χ4n) is 1.21. The number of aliphatic hydroxyl groups is 1. The molecule has 1 saturated heterocycles. The highest BCUT2D eigenvalue weighted by molar-refractivity contribution is 4.68. The predicted octanol–water partition coefficient (Wildman–Crippen LogP) is 3.33. The SMILES string of the molecule is CC.CC.CC.CC.CN1CCN(CCO)CC1. The summed E-state index contributed by atoms with van der Waals surface area (Å²) in [5.74, 6) is 0. The van der Waals surface area contributed by atoms with E-state index in [0.717, 1.165) is 32.7 Å². The number of likely N-dealkylation sites (N-methyl/N-ethyl adjacent to an activating group) is 1. The Labute approximate surface area is 117 Å². The van der Waals surface area contributed by atoms with E-state index >= 15 is 0 Å². The molecule has 1 aliphatic rings. The Morgan fingerprint density at radius 1 is 0.722 bits per heavy atom. The van der Waals surface area contributed by atoms with E-state index in [4.69, 9.17) is 5.11 Å². The molecule has 3 nitrogen and oxygen atoms in total. The van der Waals surface area contributed by atoms with E-state index in [1.807, 2.05) is 55.4 Å². The Balaban J connectivity index is -0.000000105. The van der Waals surface area contributed by atoms with Crippen LogP contribution in [0.15, 0.2) is 0 Å². The maximum absolute atomic E-state index is 8.63. The Morgan fingerprint density at radius 2 is 1.06 bits per heavy atom. The van der Waals surface area contributed by atoms with Crippen molar-refractivity contribution in [1.82, 2.24) is 9.80 Å². The summed E-state index contributed by atoms with van der Waals surface area (Å²) in [7, 11) is 2.14. The average molecular weight is 264 g/mol. The van der Waals surface area contributed by atoms with Gasteiger partial charge in [0.25, 0.3) is 0 Å². The first kappa shape index (κ1) is 26.4. The molecule has 0 spiro atoms. The van der Waals surface area contributed by atoms with Gasteiger partial charge in [-0.05, 0) is 7.05 Å². The third kappa shape index (κ3) is 21.2. The van der Waals surface area contributed by atoms with Gasteiger partial charge in [-0.25, -0.2) is 0 Å². The molecular weight excluding hydrogens is 224 g/mol. The number of aliphatic hydroxyl groups excluding tert-OH is 1. The van der Waals surface area contributed by atoms with Gasteiger partial charge in [0.2, 0.25) is 0 Å². The van der Waals surface area contributed by atoms with E-state index < -0.39 is 0 Å². The summed E-state index contributed by atoms with van der Waals surface area (Å²) < 4.78 is 0. The van der Waals surface area contributed by atoms with Crippen LogP contribution in [0.25, 0.3) is 0 Å². The molecule has 1 N–H and O–H groups in total. The van der Waals surface area contributed by atoms with E-state index in [-0.39, 0.29) is 0 Å². The smallest absolute Gasteiger partial charge is 0.0558 e. The molecule has 1 fully saturated rings. The third-order valence-electron chi connectivity index (χ3n) is 2.01. The van der Waals surface area contributed by atoms with Gasteiger partial charge in [-0.3, -0.25) is 4.90 Å². The molecule has 1 rings (SSSR count). The van der Waals surface area contributed by atoms with E-state index in [0.29, 0.717) is 6.61 Å². The summed E-state index contributed by atoms with van der Waals surface area (Å²) in [6, 6.07) is 0. The number of rotatable bonds is 2. The van der Waals surface area contributed by atoms with Crippen molar-refractivity contribution in [3.05, 3.63) is 0 Å². The zero-order valence-corrected chi connectivity index (χ0v) is 14.6. The maximum Gasteiger partial charge on any atom is 0.0558 e. The van der Waals surface area contributed by atoms with Crippen LogP contribution in [0.5, 0.6) is 0 Å². The minimum absolute atomic E-state index is 0.295. The molecular formula is C15H40N2O. The van der Waals surface area contributed by atoms with Crippen LogP contribution in [0.3, 0.4) is 0 Å². The molecule has 1 aliphatic heterocycles. The summed E-state index contributed by atoms with van der Waals surface area (Å²) >= 11 is 0. The fourth-order valence-corrected chi connectivity index (χ4v) is 1.21. The van der Waals surface area contributed by atoms with Crippen molar-refractivity contribution in [3.8, 4) is 0 Å². The van der Waals surface area contributed by atoms with Crippen molar-refractivity contribution in [2.45, 2.75) is 55.4 Å². The third-order valence-corrected chi connectivity index (χ3v) is 2.01. The molecule has 0 radical (unpaired) electrons. The molecule has 0 atom stereocenters. The van der Waals surface area contributed by atoms with Gasteiger partial charge in [-0.2, -0.15) is 0 Å². The van der Waals surface area contributed by atoms with Crippen molar-refractivity contribution in [3.63, 3.8) is 0 Å². The van der Waals surface area contributed by atoms with Crippen LogP contribution in [-0.4, -0.2) is 61.3 Å². The maximum atomic E-state index is 8.63. The lowest BCUT2D eigenvalue weighted by Gasteiger charge is -2.31. The first-order valence-corrected chi connectivity index (χ1v) is 7.84. The molecule has 0 unspecified atom stereocenters. The molecule has 1 heterocycles.